The maximum absolute atomic E-state index is 11.7. The van der Waals surface area contributed by atoms with Crippen LogP contribution in [0.3, 0.4) is 0 Å². The van der Waals surface area contributed by atoms with E-state index in [1.54, 1.807) is 13.0 Å². The van der Waals surface area contributed by atoms with E-state index in [4.69, 9.17) is 21.4 Å². The highest BCUT2D eigenvalue weighted by atomic mass is 35.5. The number of carboxylic acids is 1. The highest BCUT2D eigenvalue weighted by Gasteiger charge is 2.13. The average molecular weight is 272 g/mol. The smallest absolute Gasteiger partial charge is 0.322 e. The standard InChI is InChI=1S/C12H14ClNO4/c1-3-18-10-4-7(2)8(5-9(10)13)12(17)14-6-11(15)16/h4-5H,3,6H2,1-2H3,(H,14,17)(H,15,16). The minimum absolute atomic E-state index is 0.322. The Balaban J connectivity index is 2.93. The zero-order valence-electron chi connectivity index (χ0n) is 10.1. The lowest BCUT2D eigenvalue weighted by Gasteiger charge is -2.11. The minimum Gasteiger partial charge on any atom is -0.492 e. The summed E-state index contributed by atoms with van der Waals surface area (Å²) in [6.07, 6.45) is 0. The second kappa shape index (κ2) is 6.26. The zero-order chi connectivity index (χ0) is 13.7. The molecule has 0 aliphatic rings. The number of amides is 1. The van der Waals surface area contributed by atoms with Crippen LogP contribution in [0.2, 0.25) is 5.02 Å². The fraction of sp³-hybridized carbons (Fsp3) is 0.333. The number of carbonyl (C=O) groups is 2. The molecule has 2 N–H and O–H groups in total. The maximum Gasteiger partial charge on any atom is 0.322 e. The molecule has 0 aromatic heterocycles. The number of carbonyl (C=O) groups excluding carboxylic acids is 1. The fourth-order valence-electron chi connectivity index (χ4n) is 1.42. The van der Waals surface area contributed by atoms with Crippen molar-refractivity contribution in [3.8, 4) is 5.75 Å². The van der Waals surface area contributed by atoms with Crippen LogP contribution in [-0.4, -0.2) is 30.1 Å². The van der Waals surface area contributed by atoms with E-state index in [1.165, 1.54) is 6.07 Å². The summed E-state index contributed by atoms with van der Waals surface area (Å²) in [4.78, 5) is 22.1. The van der Waals surface area contributed by atoms with E-state index in [9.17, 15) is 9.59 Å². The molecule has 18 heavy (non-hydrogen) atoms. The fourth-order valence-corrected chi connectivity index (χ4v) is 1.64. The molecule has 0 spiro atoms. The van der Waals surface area contributed by atoms with E-state index in [2.05, 4.69) is 5.32 Å². The first-order chi connectivity index (χ1) is 8.45. The van der Waals surface area contributed by atoms with Gasteiger partial charge in [-0.05, 0) is 31.5 Å². The Bertz CT molecular complexity index is 473. The molecule has 0 aliphatic carbocycles. The SMILES string of the molecule is CCOc1cc(C)c(C(=O)NCC(=O)O)cc1Cl. The summed E-state index contributed by atoms with van der Waals surface area (Å²) in [6, 6.07) is 3.13. The van der Waals surface area contributed by atoms with Gasteiger partial charge in [-0.3, -0.25) is 9.59 Å². The third-order valence-electron chi connectivity index (χ3n) is 2.22. The van der Waals surface area contributed by atoms with Crippen LogP contribution in [0.5, 0.6) is 5.75 Å². The quantitative estimate of drug-likeness (QED) is 0.857. The summed E-state index contributed by atoms with van der Waals surface area (Å²) >= 11 is 5.97. The van der Waals surface area contributed by atoms with Gasteiger partial charge in [-0.15, -0.1) is 0 Å². The Labute approximate surface area is 110 Å². The van der Waals surface area contributed by atoms with Crippen LogP contribution in [0.4, 0.5) is 0 Å². The molecule has 0 unspecified atom stereocenters. The van der Waals surface area contributed by atoms with Crippen molar-refractivity contribution in [2.75, 3.05) is 13.2 Å². The molecule has 0 aliphatic heterocycles. The van der Waals surface area contributed by atoms with E-state index in [0.717, 1.165) is 0 Å². The molecular weight excluding hydrogens is 258 g/mol. The molecule has 6 heteroatoms. The number of ether oxygens (including phenoxy) is 1. The highest BCUT2D eigenvalue weighted by Crippen LogP contribution is 2.28. The van der Waals surface area contributed by atoms with Crippen molar-refractivity contribution in [3.05, 3.63) is 28.3 Å². The van der Waals surface area contributed by atoms with Crippen molar-refractivity contribution < 1.29 is 19.4 Å². The largest absolute Gasteiger partial charge is 0.492 e. The monoisotopic (exact) mass is 271 g/mol. The van der Waals surface area contributed by atoms with Crippen molar-refractivity contribution in [1.82, 2.24) is 5.32 Å². The molecule has 0 saturated carbocycles. The first-order valence-electron chi connectivity index (χ1n) is 5.38. The molecule has 0 bridgehead atoms. The normalized spacial score (nSPS) is 9.94. The maximum atomic E-state index is 11.7. The van der Waals surface area contributed by atoms with Crippen molar-refractivity contribution >= 4 is 23.5 Å². The Kier molecular flexibility index (Phi) is 4.97. The minimum atomic E-state index is -1.10. The number of hydrogen-bond acceptors (Lipinski definition) is 3. The molecular formula is C12H14ClNO4. The van der Waals surface area contributed by atoms with Crippen molar-refractivity contribution in [1.29, 1.82) is 0 Å². The molecule has 1 aromatic carbocycles. The highest BCUT2D eigenvalue weighted by molar-refractivity contribution is 6.32. The van der Waals surface area contributed by atoms with Gasteiger partial charge in [0.2, 0.25) is 0 Å². The third kappa shape index (κ3) is 3.63. The van der Waals surface area contributed by atoms with Gasteiger partial charge in [-0.25, -0.2) is 0 Å². The van der Waals surface area contributed by atoms with Crippen LogP contribution < -0.4 is 10.1 Å². The van der Waals surface area contributed by atoms with Gasteiger partial charge in [0.15, 0.2) is 0 Å². The number of rotatable bonds is 5. The molecule has 0 saturated heterocycles. The third-order valence-corrected chi connectivity index (χ3v) is 2.52. The van der Waals surface area contributed by atoms with Gasteiger partial charge < -0.3 is 15.2 Å². The zero-order valence-corrected chi connectivity index (χ0v) is 10.9. The first-order valence-corrected chi connectivity index (χ1v) is 5.76. The molecule has 0 atom stereocenters. The molecule has 98 valence electrons. The number of nitrogens with one attached hydrogen (secondary N) is 1. The molecule has 1 rings (SSSR count). The van der Waals surface area contributed by atoms with Gasteiger partial charge in [-0.2, -0.15) is 0 Å². The second-order valence-corrected chi connectivity index (χ2v) is 4.01. The van der Waals surface area contributed by atoms with Crippen LogP contribution in [0.15, 0.2) is 12.1 Å². The second-order valence-electron chi connectivity index (χ2n) is 3.61. The van der Waals surface area contributed by atoms with Crippen molar-refractivity contribution in [2.45, 2.75) is 13.8 Å². The lowest BCUT2D eigenvalue weighted by Crippen LogP contribution is -2.29. The molecule has 1 amide bonds. The van der Waals surface area contributed by atoms with E-state index < -0.39 is 18.4 Å². The van der Waals surface area contributed by atoms with Gasteiger partial charge in [-0.1, -0.05) is 11.6 Å². The molecule has 0 radical (unpaired) electrons. The number of hydrogen-bond donors (Lipinski definition) is 2. The van der Waals surface area contributed by atoms with Crippen LogP contribution in [0.25, 0.3) is 0 Å². The lowest BCUT2D eigenvalue weighted by molar-refractivity contribution is -0.135. The van der Waals surface area contributed by atoms with Crippen LogP contribution >= 0.6 is 11.6 Å². The average Bonchev–Trinajstić information content (AvgIpc) is 2.30. The van der Waals surface area contributed by atoms with Crippen LogP contribution in [0, 0.1) is 6.92 Å². The summed E-state index contributed by atoms with van der Waals surface area (Å²) in [5, 5.41) is 11.1. The summed E-state index contributed by atoms with van der Waals surface area (Å²) in [7, 11) is 0. The van der Waals surface area contributed by atoms with Gasteiger partial charge in [0.25, 0.3) is 5.91 Å². The molecule has 0 heterocycles. The summed E-state index contributed by atoms with van der Waals surface area (Å²) in [5.74, 6) is -1.07. The Morgan fingerprint density at radius 2 is 2.11 bits per heavy atom. The molecule has 5 nitrogen and oxygen atoms in total. The predicted octanol–water partition coefficient (Wildman–Crippen LogP) is 1.86. The predicted molar refractivity (Wildman–Crippen MR) is 67.3 cm³/mol. The summed E-state index contributed by atoms with van der Waals surface area (Å²) in [6.45, 7) is 3.61. The number of benzene rings is 1. The van der Waals surface area contributed by atoms with Gasteiger partial charge in [0.05, 0.1) is 11.6 Å². The van der Waals surface area contributed by atoms with Crippen LogP contribution in [-0.2, 0) is 4.79 Å². The molecule has 1 aromatic rings. The van der Waals surface area contributed by atoms with E-state index in [0.29, 0.717) is 28.5 Å². The van der Waals surface area contributed by atoms with E-state index >= 15 is 0 Å². The Hall–Kier alpha value is -1.75. The van der Waals surface area contributed by atoms with Gasteiger partial charge >= 0.3 is 5.97 Å². The first kappa shape index (κ1) is 14.3. The number of halogens is 1. The molecule has 0 fully saturated rings. The Morgan fingerprint density at radius 3 is 2.67 bits per heavy atom. The van der Waals surface area contributed by atoms with Crippen LogP contribution in [0.1, 0.15) is 22.8 Å². The lowest BCUT2D eigenvalue weighted by atomic mass is 10.1. The van der Waals surface area contributed by atoms with Gasteiger partial charge in [0, 0.05) is 5.56 Å². The van der Waals surface area contributed by atoms with Crippen molar-refractivity contribution in [2.24, 2.45) is 0 Å². The topological polar surface area (TPSA) is 75.6 Å². The number of aryl methyl sites for hydroxylation is 1. The van der Waals surface area contributed by atoms with E-state index in [-0.39, 0.29) is 0 Å². The summed E-state index contributed by atoms with van der Waals surface area (Å²) in [5.41, 5.74) is 1.01. The van der Waals surface area contributed by atoms with Gasteiger partial charge in [0.1, 0.15) is 12.3 Å². The Morgan fingerprint density at radius 1 is 1.44 bits per heavy atom. The number of carboxylic acid groups (broad SMARTS) is 1. The summed E-state index contributed by atoms with van der Waals surface area (Å²) < 4.78 is 5.29. The van der Waals surface area contributed by atoms with E-state index in [1.807, 2.05) is 6.92 Å². The number of aliphatic carboxylic acids is 1. The van der Waals surface area contributed by atoms with Crippen molar-refractivity contribution in [3.63, 3.8) is 0 Å².